The van der Waals surface area contributed by atoms with Gasteiger partial charge in [0, 0.05) is 31.7 Å². The lowest BCUT2D eigenvalue weighted by atomic mass is 9.77. The van der Waals surface area contributed by atoms with E-state index in [-0.39, 0.29) is 6.04 Å². The van der Waals surface area contributed by atoms with E-state index < -0.39 is 15.7 Å². The molecule has 2 N–H and O–H groups in total. The normalized spacial score (nSPS) is 27.8. The van der Waals surface area contributed by atoms with Crippen LogP contribution in [0.15, 0.2) is 0 Å². The minimum atomic E-state index is -3.46. The van der Waals surface area contributed by atoms with Crippen molar-refractivity contribution in [1.29, 1.82) is 0 Å². The standard InChI is InChI=1S/C15H33N3O2S/c1-6-11-18(21(19,20)17(5)13(2)3)15(12-16)9-7-14(4)8-10-15/h13-14H,6-12,16H2,1-5H3. The van der Waals surface area contributed by atoms with Crippen molar-refractivity contribution in [2.75, 3.05) is 20.1 Å². The maximum atomic E-state index is 13.0. The smallest absolute Gasteiger partial charge is 0.282 e. The van der Waals surface area contributed by atoms with Crippen molar-refractivity contribution in [3.05, 3.63) is 0 Å². The summed E-state index contributed by atoms with van der Waals surface area (Å²) in [6.45, 7) is 9.02. The molecule has 0 amide bonds. The van der Waals surface area contributed by atoms with Gasteiger partial charge in [0.15, 0.2) is 0 Å². The summed E-state index contributed by atoms with van der Waals surface area (Å²) < 4.78 is 29.2. The Labute approximate surface area is 131 Å². The van der Waals surface area contributed by atoms with Crippen LogP contribution in [0.4, 0.5) is 0 Å². The van der Waals surface area contributed by atoms with Gasteiger partial charge in [-0.3, -0.25) is 0 Å². The fourth-order valence-electron chi connectivity index (χ4n) is 3.08. The number of nitrogens with zero attached hydrogens (tertiary/aromatic N) is 2. The van der Waals surface area contributed by atoms with Gasteiger partial charge in [-0.05, 0) is 51.9 Å². The molecule has 1 rings (SSSR count). The third-order valence-electron chi connectivity index (χ3n) is 4.91. The van der Waals surface area contributed by atoms with Crippen LogP contribution in [0.5, 0.6) is 0 Å². The van der Waals surface area contributed by atoms with Gasteiger partial charge in [0.25, 0.3) is 10.2 Å². The lowest BCUT2D eigenvalue weighted by Crippen LogP contribution is -2.61. The van der Waals surface area contributed by atoms with E-state index in [9.17, 15) is 8.42 Å². The molecule has 0 heterocycles. The van der Waals surface area contributed by atoms with Crippen LogP contribution in [0.25, 0.3) is 0 Å². The van der Waals surface area contributed by atoms with Gasteiger partial charge in [0.2, 0.25) is 0 Å². The molecule has 1 fully saturated rings. The summed E-state index contributed by atoms with van der Waals surface area (Å²) in [5, 5.41) is 0. The van der Waals surface area contributed by atoms with Crippen LogP contribution in [-0.4, -0.2) is 48.7 Å². The Hall–Kier alpha value is -0.170. The van der Waals surface area contributed by atoms with Gasteiger partial charge in [-0.15, -0.1) is 0 Å². The summed E-state index contributed by atoms with van der Waals surface area (Å²) in [6.07, 6.45) is 4.66. The summed E-state index contributed by atoms with van der Waals surface area (Å²) >= 11 is 0. The van der Waals surface area contributed by atoms with Crippen LogP contribution >= 0.6 is 0 Å². The molecule has 0 spiro atoms. The predicted molar refractivity (Wildman–Crippen MR) is 88.2 cm³/mol. The molecular formula is C15H33N3O2S. The van der Waals surface area contributed by atoms with E-state index in [0.717, 1.165) is 32.1 Å². The summed E-state index contributed by atoms with van der Waals surface area (Å²) in [6, 6.07) is -0.0494. The zero-order chi connectivity index (χ0) is 16.3. The first-order valence-corrected chi connectivity index (χ1v) is 9.57. The lowest BCUT2D eigenvalue weighted by molar-refractivity contribution is 0.108. The van der Waals surface area contributed by atoms with Crippen LogP contribution in [0.1, 0.15) is 59.8 Å². The third kappa shape index (κ3) is 3.97. The third-order valence-corrected chi connectivity index (χ3v) is 7.19. The summed E-state index contributed by atoms with van der Waals surface area (Å²) in [4.78, 5) is 0. The van der Waals surface area contributed by atoms with Gasteiger partial charge in [0.1, 0.15) is 0 Å². The molecular weight excluding hydrogens is 286 g/mol. The first-order valence-electron chi connectivity index (χ1n) is 8.17. The van der Waals surface area contributed by atoms with E-state index >= 15 is 0 Å². The highest BCUT2D eigenvalue weighted by Crippen LogP contribution is 2.38. The van der Waals surface area contributed by atoms with E-state index in [4.69, 9.17) is 5.73 Å². The van der Waals surface area contributed by atoms with Crippen molar-refractivity contribution >= 4 is 10.2 Å². The Kier molecular flexibility index (Phi) is 6.65. The topological polar surface area (TPSA) is 66.6 Å². The Morgan fingerprint density at radius 2 is 1.81 bits per heavy atom. The molecule has 21 heavy (non-hydrogen) atoms. The Morgan fingerprint density at radius 3 is 2.19 bits per heavy atom. The fourth-order valence-corrected chi connectivity index (χ4v) is 5.08. The zero-order valence-corrected chi connectivity index (χ0v) is 15.1. The summed E-state index contributed by atoms with van der Waals surface area (Å²) in [5.41, 5.74) is 5.66. The van der Waals surface area contributed by atoms with Crippen molar-refractivity contribution in [3.63, 3.8) is 0 Å². The van der Waals surface area contributed by atoms with E-state index in [0.29, 0.717) is 19.0 Å². The molecule has 0 radical (unpaired) electrons. The van der Waals surface area contributed by atoms with Gasteiger partial charge in [-0.25, -0.2) is 0 Å². The molecule has 0 aliphatic heterocycles. The quantitative estimate of drug-likeness (QED) is 0.782. The van der Waals surface area contributed by atoms with Crippen molar-refractivity contribution < 1.29 is 8.42 Å². The Bertz CT molecular complexity index is 415. The van der Waals surface area contributed by atoms with Crippen LogP contribution in [-0.2, 0) is 10.2 Å². The molecule has 1 aliphatic carbocycles. The molecule has 0 atom stereocenters. The SMILES string of the molecule is CCCN(C1(CN)CCC(C)CC1)S(=O)(=O)N(C)C(C)C. The molecule has 0 aromatic rings. The second-order valence-corrected chi connectivity index (χ2v) is 8.71. The van der Waals surface area contributed by atoms with E-state index in [1.165, 1.54) is 4.31 Å². The molecule has 0 aromatic heterocycles. The number of hydrogen-bond donors (Lipinski definition) is 1. The maximum absolute atomic E-state index is 13.0. The Morgan fingerprint density at radius 1 is 1.29 bits per heavy atom. The van der Waals surface area contributed by atoms with E-state index in [1.54, 1.807) is 11.4 Å². The molecule has 126 valence electrons. The first kappa shape index (κ1) is 18.9. The average Bonchev–Trinajstić information content (AvgIpc) is 2.45. The highest BCUT2D eigenvalue weighted by molar-refractivity contribution is 7.86. The second-order valence-electron chi connectivity index (χ2n) is 6.80. The molecule has 1 saturated carbocycles. The van der Waals surface area contributed by atoms with Gasteiger partial charge in [-0.1, -0.05) is 13.8 Å². The minimum absolute atomic E-state index is 0.0494. The summed E-state index contributed by atoms with van der Waals surface area (Å²) in [7, 11) is -1.80. The minimum Gasteiger partial charge on any atom is -0.329 e. The molecule has 0 bridgehead atoms. The van der Waals surface area contributed by atoms with Gasteiger partial charge in [-0.2, -0.15) is 17.0 Å². The molecule has 6 heteroatoms. The molecule has 5 nitrogen and oxygen atoms in total. The number of rotatable bonds is 7. The number of nitrogens with two attached hydrogens (primary N) is 1. The van der Waals surface area contributed by atoms with Crippen LogP contribution in [0, 0.1) is 5.92 Å². The second kappa shape index (κ2) is 7.40. The zero-order valence-electron chi connectivity index (χ0n) is 14.3. The lowest BCUT2D eigenvalue weighted by Gasteiger charge is -2.47. The largest absolute Gasteiger partial charge is 0.329 e. The summed E-state index contributed by atoms with van der Waals surface area (Å²) in [5.74, 6) is 0.665. The maximum Gasteiger partial charge on any atom is 0.282 e. The van der Waals surface area contributed by atoms with Gasteiger partial charge < -0.3 is 5.73 Å². The first-order chi connectivity index (χ1) is 9.71. The van der Waals surface area contributed by atoms with Crippen molar-refractivity contribution in [2.24, 2.45) is 11.7 Å². The van der Waals surface area contributed by atoms with Crippen LogP contribution in [0.2, 0.25) is 0 Å². The molecule has 0 unspecified atom stereocenters. The van der Waals surface area contributed by atoms with E-state index in [2.05, 4.69) is 6.92 Å². The van der Waals surface area contributed by atoms with Crippen LogP contribution in [0.3, 0.4) is 0 Å². The highest BCUT2D eigenvalue weighted by Gasteiger charge is 2.45. The molecule has 1 aliphatic rings. The van der Waals surface area contributed by atoms with E-state index in [1.807, 2.05) is 20.8 Å². The van der Waals surface area contributed by atoms with Gasteiger partial charge in [0.05, 0.1) is 0 Å². The van der Waals surface area contributed by atoms with Crippen molar-refractivity contribution in [2.45, 2.75) is 71.4 Å². The Balaban J connectivity index is 3.15. The fraction of sp³-hybridized carbons (Fsp3) is 1.00. The predicted octanol–water partition coefficient (Wildman–Crippen LogP) is 2.19. The van der Waals surface area contributed by atoms with Crippen molar-refractivity contribution in [3.8, 4) is 0 Å². The number of hydrogen-bond acceptors (Lipinski definition) is 3. The molecule has 0 aromatic carbocycles. The average molecular weight is 320 g/mol. The van der Waals surface area contributed by atoms with Crippen molar-refractivity contribution in [1.82, 2.24) is 8.61 Å². The molecule has 0 saturated heterocycles. The monoisotopic (exact) mass is 319 g/mol. The highest BCUT2D eigenvalue weighted by atomic mass is 32.2. The van der Waals surface area contributed by atoms with Gasteiger partial charge >= 0.3 is 0 Å². The van der Waals surface area contributed by atoms with Crippen LogP contribution < -0.4 is 5.73 Å².